The highest BCUT2D eigenvalue weighted by Gasteiger charge is 2.25. The van der Waals surface area contributed by atoms with Crippen LogP contribution in [0.15, 0.2) is 0 Å². The van der Waals surface area contributed by atoms with Crippen LogP contribution in [0.2, 0.25) is 0 Å². The zero-order valence-electron chi connectivity index (χ0n) is 11.5. The number of hydrogen-bond acceptors (Lipinski definition) is 4. The summed E-state index contributed by atoms with van der Waals surface area (Å²) in [5.41, 5.74) is 6.07. The van der Waals surface area contributed by atoms with Crippen molar-refractivity contribution in [3.05, 3.63) is 0 Å². The standard InChI is InChI=1S/C13H26N2O3/c1-10(13(16)15-8-9-17-2)18-12-7-5-3-4-6-11(12)14/h10-12H,3-9,14H2,1-2H3,(H,15,16). The molecular formula is C13H26N2O3. The highest BCUT2D eigenvalue weighted by Crippen LogP contribution is 2.20. The zero-order valence-corrected chi connectivity index (χ0v) is 11.5. The summed E-state index contributed by atoms with van der Waals surface area (Å²) in [5.74, 6) is -0.0940. The summed E-state index contributed by atoms with van der Waals surface area (Å²) in [5, 5.41) is 2.77. The Hall–Kier alpha value is -0.650. The molecule has 3 N–H and O–H groups in total. The molecule has 0 aromatic carbocycles. The maximum absolute atomic E-state index is 11.8. The molecular weight excluding hydrogens is 232 g/mol. The second kappa shape index (κ2) is 8.45. The first-order chi connectivity index (χ1) is 8.65. The van der Waals surface area contributed by atoms with E-state index in [4.69, 9.17) is 15.2 Å². The molecule has 0 saturated heterocycles. The summed E-state index contributed by atoms with van der Waals surface area (Å²) in [6.07, 6.45) is 5.01. The van der Waals surface area contributed by atoms with Crippen molar-refractivity contribution >= 4 is 5.91 Å². The van der Waals surface area contributed by atoms with E-state index < -0.39 is 6.10 Å². The minimum absolute atomic E-state index is 0.00988. The number of amides is 1. The number of carbonyl (C=O) groups is 1. The van der Waals surface area contributed by atoms with E-state index in [1.807, 2.05) is 0 Å². The first-order valence-electron chi connectivity index (χ1n) is 6.83. The molecule has 3 atom stereocenters. The SMILES string of the molecule is COCCNC(=O)C(C)OC1CCCCCC1N. The van der Waals surface area contributed by atoms with Gasteiger partial charge in [-0.15, -0.1) is 0 Å². The van der Waals surface area contributed by atoms with Gasteiger partial charge in [-0.1, -0.05) is 19.3 Å². The quantitative estimate of drug-likeness (QED) is 0.546. The predicted molar refractivity (Wildman–Crippen MR) is 70.3 cm³/mol. The summed E-state index contributed by atoms with van der Waals surface area (Å²) < 4.78 is 10.7. The van der Waals surface area contributed by atoms with Gasteiger partial charge >= 0.3 is 0 Å². The normalized spacial score (nSPS) is 26.4. The summed E-state index contributed by atoms with van der Waals surface area (Å²) in [6.45, 7) is 2.81. The lowest BCUT2D eigenvalue weighted by atomic mass is 10.1. The number of rotatable bonds is 6. The molecule has 1 amide bonds. The van der Waals surface area contributed by atoms with E-state index in [0.29, 0.717) is 13.2 Å². The Balaban J connectivity index is 2.32. The summed E-state index contributed by atoms with van der Waals surface area (Å²) >= 11 is 0. The molecule has 5 heteroatoms. The van der Waals surface area contributed by atoms with Gasteiger partial charge in [0.2, 0.25) is 5.91 Å². The second-order valence-electron chi connectivity index (χ2n) is 4.90. The first kappa shape index (κ1) is 15.4. The fourth-order valence-electron chi connectivity index (χ4n) is 2.22. The molecule has 0 radical (unpaired) electrons. The number of nitrogens with one attached hydrogen (secondary N) is 1. The predicted octanol–water partition coefficient (Wildman–Crippen LogP) is 0.814. The Kier molecular flexibility index (Phi) is 7.23. The van der Waals surface area contributed by atoms with Crippen LogP contribution in [0.5, 0.6) is 0 Å². The van der Waals surface area contributed by atoms with Gasteiger partial charge in [-0.3, -0.25) is 4.79 Å². The highest BCUT2D eigenvalue weighted by molar-refractivity contribution is 5.80. The Labute approximate surface area is 109 Å². The number of methoxy groups -OCH3 is 1. The summed E-state index contributed by atoms with van der Waals surface area (Å²) in [7, 11) is 1.61. The molecule has 1 rings (SSSR count). The monoisotopic (exact) mass is 258 g/mol. The van der Waals surface area contributed by atoms with E-state index in [1.165, 1.54) is 6.42 Å². The van der Waals surface area contributed by atoms with Crippen LogP contribution in [0.4, 0.5) is 0 Å². The fraction of sp³-hybridized carbons (Fsp3) is 0.923. The molecule has 0 spiro atoms. The third-order valence-electron chi connectivity index (χ3n) is 3.36. The van der Waals surface area contributed by atoms with E-state index in [0.717, 1.165) is 25.7 Å². The fourth-order valence-corrected chi connectivity index (χ4v) is 2.22. The van der Waals surface area contributed by atoms with Crippen molar-refractivity contribution in [2.75, 3.05) is 20.3 Å². The number of nitrogens with two attached hydrogens (primary N) is 1. The van der Waals surface area contributed by atoms with Gasteiger partial charge in [0, 0.05) is 19.7 Å². The molecule has 0 aliphatic heterocycles. The van der Waals surface area contributed by atoms with Gasteiger partial charge in [0.15, 0.2) is 0 Å². The Morgan fingerprint density at radius 2 is 2.11 bits per heavy atom. The zero-order chi connectivity index (χ0) is 13.4. The van der Waals surface area contributed by atoms with E-state index in [9.17, 15) is 4.79 Å². The Morgan fingerprint density at radius 3 is 2.83 bits per heavy atom. The van der Waals surface area contributed by atoms with Crippen molar-refractivity contribution in [1.82, 2.24) is 5.32 Å². The largest absolute Gasteiger partial charge is 0.383 e. The second-order valence-corrected chi connectivity index (χ2v) is 4.90. The van der Waals surface area contributed by atoms with Crippen LogP contribution in [-0.4, -0.2) is 44.4 Å². The van der Waals surface area contributed by atoms with Crippen molar-refractivity contribution in [2.24, 2.45) is 5.73 Å². The molecule has 0 bridgehead atoms. The molecule has 106 valence electrons. The molecule has 3 unspecified atom stereocenters. The summed E-state index contributed by atoms with van der Waals surface area (Å²) in [4.78, 5) is 11.8. The van der Waals surface area contributed by atoms with Crippen molar-refractivity contribution < 1.29 is 14.3 Å². The van der Waals surface area contributed by atoms with Crippen LogP contribution in [0.25, 0.3) is 0 Å². The Bertz CT molecular complexity index is 248. The third kappa shape index (κ3) is 5.33. The van der Waals surface area contributed by atoms with Gasteiger partial charge in [0.25, 0.3) is 0 Å². The summed E-state index contributed by atoms with van der Waals surface area (Å²) in [6, 6.07) is 0.0572. The van der Waals surface area contributed by atoms with Gasteiger partial charge in [0.05, 0.1) is 12.7 Å². The third-order valence-corrected chi connectivity index (χ3v) is 3.36. The highest BCUT2D eigenvalue weighted by atomic mass is 16.5. The lowest BCUT2D eigenvalue weighted by Gasteiger charge is -2.25. The Morgan fingerprint density at radius 1 is 1.39 bits per heavy atom. The molecule has 1 saturated carbocycles. The van der Waals surface area contributed by atoms with Crippen LogP contribution in [-0.2, 0) is 14.3 Å². The average molecular weight is 258 g/mol. The van der Waals surface area contributed by atoms with Gasteiger partial charge in [-0.25, -0.2) is 0 Å². The van der Waals surface area contributed by atoms with Gasteiger partial charge in [0.1, 0.15) is 6.10 Å². The van der Waals surface area contributed by atoms with Gasteiger partial charge in [-0.05, 0) is 19.8 Å². The molecule has 5 nitrogen and oxygen atoms in total. The molecule has 1 aliphatic rings. The van der Waals surface area contributed by atoms with Crippen molar-refractivity contribution in [3.8, 4) is 0 Å². The topological polar surface area (TPSA) is 73.6 Å². The van der Waals surface area contributed by atoms with E-state index in [2.05, 4.69) is 5.32 Å². The van der Waals surface area contributed by atoms with Crippen LogP contribution >= 0.6 is 0 Å². The van der Waals surface area contributed by atoms with Crippen LogP contribution in [0, 0.1) is 0 Å². The van der Waals surface area contributed by atoms with Crippen LogP contribution in [0.3, 0.4) is 0 Å². The average Bonchev–Trinajstić information content (AvgIpc) is 2.55. The minimum Gasteiger partial charge on any atom is -0.383 e. The smallest absolute Gasteiger partial charge is 0.248 e. The molecule has 0 heterocycles. The minimum atomic E-state index is -0.448. The lowest BCUT2D eigenvalue weighted by Crippen LogP contribution is -2.43. The van der Waals surface area contributed by atoms with Crippen LogP contribution in [0.1, 0.15) is 39.0 Å². The number of ether oxygens (including phenoxy) is 2. The van der Waals surface area contributed by atoms with Gasteiger partial charge < -0.3 is 20.5 Å². The number of carbonyl (C=O) groups excluding carboxylic acids is 1. The number of hydrogen-bond donors (Lipinski definition) is 2. The van der Waals surface area contributed by atoms with Crippen molar-refractivity contribution in [3.63, 3.8) is 0 Å². The lowest BCUT2D eigenvalue weighted by molar-refractivity contribution is -0.136. The van der Waals surface area contributed by atoms with E-state index in [1.54, 1.807) is 14.0 Å². The molecule has 1 aliphatic carbocycles. The van der Waals surface area contributed by atoms with E-state index >= 15 is 0 Å². The maximum Gasteiger partial charge on any atom is 0.248 e. The van der Waals surface area contributed by atoms with Crippen LogP contribution < -0.4 is 11.1 Å². The van der Waals surface area contributed by atoms with Crippen molar-refractivity contribution in [1.29, 1.82) is 0 Å². The van der Waals surface area contributed by atoms with E-state index in [-0.39, 0.29) is 18.1 Å². The molecule has 18 heavy (non-hydrogen) atoms. The molecule has 1 fully saturated rings. The van der Waals surface area contributed by atoms with Gasteiger partial charge in [-0.2, -0.15) is 0 Å². The van der Waals surface area contributed by atoms with Crippen molar-refractivity contribution in [2.45, 2.75) is 57.3 Å². The molecule has 0 aromatic heterocycles. The first-order valence-corrected chi connectivity index (χ1v) is 6.83. The molecule has 0 aromatic rings. The maximum atomic E-state index is 11.8.